The van der Waals surface area contributed by atoms with Gasteiger partial charge in [-0.05, 0) is 98.5 Å². The van der Waals surface area contributed by atoms with Gasteiger partial charge in [0.05, 0.1) is 41.2 Å². The maximum absolute atomic E-state index is 14.0. The standard InChI is InChI=1S/C40H44N4O10S2/c1-25-5-9-29-33(17-25)55(49)34-18-26(2)6-10-30(34)52-22-38(46)42-15-16-44-40(48)24-54-32-12-8-28(4)20-36(32)56(50)35-19-27(3)7-11-31(35)53-23-39(47)43-14-13-41-37(45)21-51-29/h5-12,17-20H,13-16,21-24H2,1-4H3,(H,41,45)(H,42,46)(H,43,47)(H,44,48). The summed E-state index contributed by atoms with van der Waals surface area (Å²) in [4.78, 5) is 52.0. The van der Waals surface area contributed by atoms with Crippen LogP contribution in [0.25, 0.3) is 0 Å². The minimum atomic E-state index is -1.83. The van der Waals surface area contributed by atoms with Crippen molar-refractivity contribution in [2.45, 2.75) is 47.3 Å². The molecule has 4 aromatic rings. The van der Waals surface area contributed by atoms with Crippen molar-refractivity contribution in [3.8, 4) is 23.0 Å². The van der Waals surface area contributed by atoms with Crippen LogP contribution in [-0.2, 0) is 40.8 Å². The molecule has 0 unspecified atom stereocenters. The van der Waals surface area contributed by atoms with E-state index in [1.807, 2.05) is 27.7 Å². The summed E-state index contributed by atoms with van der Waals surface area (Å²) in [7, 11) is -3.66. The Balaban J connectivity index is 1.34. The van der Waals surface area contributed by atoms with Crippen molar-refractivity contribution >= 4 is 45.2 Å². The van der Waals surface area contributed by atoms with Crippen LogP contribution in [-0.4, -0.2) is 84.7 Å². The highest BCUT2D eigenvalue weighted by molar-refractivity contribution is 7.85. The molecule has 4 N–H and O–H groups in total. The molecule has 0 aliphatic carbocycles. The fraction of sp³-hybridized carbons (Fsp3) is 0.300. The molecule has 4 aromatic carbocycles. The van der Waals surface area contributed by atoms with E-state index >= 15 is 0 Å². The summed E-state index contributed by atoms with van der Waals surface area (Å²) in [6, 6.07) is 20.3. The zero-order chi connectivity index (χ0) is 40.2. The van der Waals surface area contributed by atoms with Crippen LogP contribution >= 0.6 is 0 Å². The van der Waals surface area contributed by atoms with E-state index in [0.717, 1.165) is 22.3 Å². The molecule has 4 amide bonds. The van der Waals surface area contributed by atoms with Crippen molar-refractivity contribution in [3.63, 3.8) is 0 Å². The van der Waals surface area contributed by atoms with E-state index in [0.29, 0.717) is 19.6 Å². The Morgan fingerprint density at radius 1 is 0.393 bits per heavy atom. The molecule has 16 heteroatoms. The number of carbonyl (C=O) groups is 4. The van der Waals surface area contributed by atoms with E-state index in [2.05, 4.69) is 21.3 Å². The van der Waals surface area contributed by atoms with E-state index in [4.69, 9.17) is 18.9 Å². The summed E-state index contributed by atoms with van der Waals surface area (Å²) < 4.78 is 51.3. The van der Waals surface area contributed by atoms with Gasteiger partial charge in [-0.2, -0.15) is 0 Å². The smallest absolute Gasteiger partial charge is 0.258 e. The van der Waals surface area contributed by atoms with Gasteiger partial charge in [0.25, 0.3) is 23.6 Å². The number of carbonyl (C=O) groups excluding carboxylic acids is 4. The van der Waals surface area contributed by atoms with Gasteiger partial charge in [0.1, 0.15) is 23.0 Å². The summed E-state index contributed by atoms with van der Waals surface area (Å²) in [5.74, 6) is -0.979. The molecule has 1 aliphatic heterocycles. The molecule has 0 spiro atoms. The normalized spacial score (nSPS) is 18.1. The molecule has 14 nitrogen and oxygen atoms in total. The van der Waals surface area contributed by atoms with Crippen LogP contribution in [0.4, 0.5) is 0 Å². The van der Waals surface area contributed by atoms with Crippen molar-refractivity contribution in [1.82, 2.24) is 21.3 Å². The number of fused-ring (bicyclic) bond motifs is 4. The van der Waals surface area contributed by atoms with Crippen molar-refractivity contribution in [2.24, 2.45) is 0 Å². The lowest BCUT2D eigenvalue weighted by Crippen LogP contribution is -2.38. The summed E-state index contributed by atoms with van der Waals surface area (Å²) >= 11 is 0. The second-order valence-electron chi connectivity index (χ2n) is 12.9. The van der Waals surface area contributed by atoms with Gasteiger partial charge in [0.2, 0.25) is 0 Å². The number of ether oxygens (including phenoxy) is 4. The molecule has 0 saturated carbocycles. The number of benzene rings is 4. The van der Waals surface area contributed by atoms with E-state index in [9.17, 15) is 27.6 Å². The molecule has 0 radical (unpaired) electrons. The minimum Gasteiger partial charge on any atom is -0.482 e. The van der Waals surface area contributed by atoms with Gasteiger partial charge in [0, 0.05) is 26.2 Å². The fourth-order valence-corrected chi connectivity index (χ4v) is 8.22. The molecule has 0 atom stereocenters. The lowest BCUT2D eigenvalue weighted by atomic mass is 10.2. The summed E-state index contributed by atoms with van der Waals surface area (Å²) in [5, 5.41) is 10.7. The Morgan fingerprint density at radius 2 is 0.607 bits per heavy atom. The third-order valence-corrected chi connectivity index (χ3v) is 11.0. The molecule has 0 saturated heterocycles. The van der Waals surface area contributed by atoms with Crippen LogP contribution in [0.2, 0.25) is 0 Å². The predicted octanol–water partition coefficient (Wildman–Crippen LogP) is 2.95. The van der Waals surface area contributed by atoms with Crippen molar-refractivity contribution < 1.29 is 46.5 Å². The van der Waals surface area contributed by atoms with E-state index in [-0.39, 0.29) is 75.6 Å². The van der Waals surface area contributed by atoms with Gasteiger partial charge in [-0.3, -0.25) is 19.2 Å². The maximum Gasteiger partial charge on any atom is 0.258 e. The van der Waals surface area contributed by atoms with Crippen LogP contribution in [0, 0.1) is 27.7 Å². The fourth-order valence-electron chi connectivity index (χ4n) is 5.34. The SMILES string of the molecule is Cc1ccc2c(c1)S(=O)c1cc(C)ccc1OCC(=O)NCCNC(=O)COc1ccc(C)cc1S(=O)c1cc(C)ccc1OCC(=O)NCCNC(=O)CO2. The molecule has 1 heterocycles. The molecule has 0 aromatic heterocycles. The van der Waals surface area contributed by atoms with Crippen LogP contribution in [0.1, 0.15) is 22.3 Å². The van der Waals surface area contributed by atoms with E-state index in [1.54, 1.807) is 72.8 Å². The Morgan fingerprint density at radius 3 is 0.821 bits per heavy atom. The summed E-state index contributed by atoms with van der Waals surface area (Å²) in [6.07, 6.45) is 0. The Bertz CT molecular complexity index is 1860. The largest absolute Gasteiger partial charge is 0.482 e. The van der Waals surface area contributed by atoms with Gasteiger partial charge in [-0.15, -0.1) is 0 Å². The number of amides is 4. The van der Waals surface area contributed by atoms with Crippen molar-refractivity contribution in [3.05, 3.63) is 95.1 Å². The molecule has 0 bridgehead atoms. The molecule has 5 rings (SSSR count). The number of rotatable bonds is 0. The van der Waals surface area contributed by atoms with Gasteiger partial charge >= 0.3 is 0 Å². The molecule has 296 valence electrons. The van der Waals surface area contributed by atoms with Crippen molar-refractivity contribution in [2.75, 3.05) is 52.6 Å². The average Bonchev–Trinajstić information content (AvgIpc) is 3.18. The quantitative estimate of drug-likeness (QED) is 0.206. The van der Waals surface area contributed by atoms with Crippen LogP contribution in [0.3, 0.4) is 0 Å². The molecule has 0 fully saturated rings. The molecule has 56 heavy (non-hydrogen) atoms. The highest BCUT2D eigenvalue weighted by atomic mass is 32.2. The lowest BCUT2D eigenvalue weighted by molar-refractivity contribution is -0.124. The second kappa shape index (κ2) is 19.7. The van der Waals surface area contributed by atoms with Gasteiger partial charge in [-0.1, -0.05) is 24.3 Å². The van der Waals surface area contributed by atoms with Gasteiger partial charge in [0.15, 0.2) is 26.4 Å². The summed E-state index contributed by atoms with van der Waals surface area (Å²) in [5.41, 5.74) is 3.23. The first-order chi connectivity index (χ1) is 26.9. The number of aryl methyl sites for hydroxylation is 4. The average molecular weight is 805 g/mol. The monoisotopic (exact) mass is 804 g/mol. The second-order valence-corrected chi connectivity index (χ2v) is 15.7. The van der Waals surface area contributed by atoms with Gasteiger partial charge < -0.3 is 40.2 Å². The minimum absolute atomic E-state index is 0.0894. The molecular formula is C40H44N4O10S2. The van der Waals surface area contributed by atoms with E-state index in [1.165, 1.54) is 0 Å². The number of nitrogens with one attached hydrogen (secondary N) is 4. The Hall–Kier alpha value is -5.74. The summed E-state index contributed by atoms with van der Waals surface area (Å²) in [6.45, 7) is 6.15. The molecule has 1 aliphatic rings. The first kappa shape index (κ1) is 41.4. The lowest BCUT2D eigenvalue weighted by Gasteiger charge is -2.16. The third kappa shape index (κ3) is 11.6. The van der Waals surface area contributed by atoms with Crippen LogP contribution in [0.5, 0.6) is 23.0 Å². The topological polar surface area (TPSA) is 187 Å². The zero-order valence-electron chi connectivity index (χ0n) is 31.5. The van der Waals surface area contributed by atoms with Crippen molar-refractivity contribution in [1.29, 1.82) is 0 Å². The first-order valence-electron chi connectivity index (χ1n) is 17.7. The van der Waals surface area contributed by atoms with Crippen LogP contribution < -0.4 is 40.2 Å². The first-order valence-corrected chi connectivity index (χ1v) is 20.0. The highest BCUT2D eigenvalue weighted by Crippen LogP contribution is 2.34. The highest BCUT2D eigenvalue weighted by Gasteiger charge is 2.22. The maximum atomic E-state index is 14.0. The van der Waals surface area contributed by atoms with Crippen LogP contribution in [0.15, 0.2) is 92.4 Å². The van der Waals surface area contributed by atoms with Gasteiger partial charge in [-0.25, -0.2) is 8.42 Å². The number of hydrogen-bond donors (Lipinski definition) is 4. The predicted molar refractivity (Wildman–Crippen MR) is 208 cm³/mol. The van der Waals surface area contributed by atoms with E-state index < -0.39 is 45.2 Å². The Labute approximate surface area is 329 Å². The Kier molecular flexibility index (Phi) is 14.6. The number of hydrogen-bond acceptors (Lipinski definition) is 10. The molecular weight excluding hydrogens is 761 g/mol. The zero-order valence-corrected chi connectivity index (χ0v) is 33.1. The third-order valence-electron chi connectivity index (χ3n) is 8.17.